The van der Waals surface area contributed by atoms with Gasteiger partial charge in [-0.3, -0.25) is 0 Å². The first-order valence-electron chi connectivity index (χ1n) is 4.32. The number of rotatable bonds is 1. The van der Waals surface area contributed by atoms with E-state index in [0.29, 0.717) is 5.15 Å². The van der Waals surface area contributed by atoms with Crippen LogP contribution in [0, 0.1) is 13.8 Å². The van der Waals surface area contributed by atoms with Gasteiger partial charge in [-0.05, 0) is 26.0 Å². The predicted octanol–water partition coefficient (Wildman–Crippen LogP) is 2.54. The van der Waals surface area contributed by atoms with Crippen molar-refractivity contribution in [3.05, 3.63) is 40.9 Å². The second-order valence-corrected chi connectivity index (χ2v) is 3.56. The summed E-state index contributed by atoms with van der Waals surface area (Å²) in [5.74, 6) is 0. The lowest BCUT2D eigenvalue weighted by Gasteiger charge is -2.05. The van der Waals surface area contributed by atoms with Gasteiger partial charge in [-0.25, -0.2) is 9.67 Å². The van der Waals surface area contributed by atoms with E-state index in [1.54, 1.807) is 12.3 Å². The lowest BCUT2D eigenvalue weighted by Crippen LogP contribution is -1.99. The molecule has 0 amide bonds. The van der Waals surface area contributed by atoms with Crippen LogP contribution in [0.2, 0.25) is 5.15 Å². The Kier molecular flexibility index (Phi) is 2.25. The Bertz CT molecular complexity index is 442. The molecule has 4 heteroatoms. The number of hydrogen-bond donors (Lipinski definition) is 0. The molecule has 0 aliphatic rings. The largest absolute Gasteiger partial charge is 0.241 e. The van der Waals surface area contributed by atoms with Crippen molar-refractivity contribution in [1.29, 1.82) is 0 Å². The number of pyridine rings is 1. The summed E-state index contributed by atoms with van der Waals surface area (Å²) >= 11 is 5.87. The van der Waals surface area contributed by atoms with Crippen molar-refractivity contribution in [2.24, 2.45) is 0 Å². The maximum atomic E-state index is 5.87. The van der Waals surface area contributed by atoms with Crippen LogP contribution >= 0.6 is 11.6 Å². The molecule has 2 heterocycles. The van der Waals surface area contributed by atoms with Gasteiger partial charge >= 0.3 is 0 Å². The third-order valence-electron chi connectivity index (χ3n) is 1.98. The molecule has 2 aromatic heterocycles. The molecular weight excluding hydrogens is 198 g/mol. The first-order chi connectivity index (χ1) is 6.66. The lowest BCUT2D eigenvalue weighted by atomic mass is 10.3. The van der Waals surface area contributed by atoms with E-state index in [4.69, 9.17) is 11.6 Å². The minimum Gasteiger partial charge on any atom is -0.241 e. The fourth-order valence-corrected chi connectivity index (χ4v) is 1.62. The van der Waals surface area contributed by atoms with Crippen LogP contribution in [-0.4, -0.2) is 14.8 Å². The molecule has 0 spiro atoms. The van der Waals surface area contributed by atoms with Gasteiger partial charge in [0.1, 0.15) is 5.15 Å². The van der Waals surface area contributed by atoms with E-state index in [1.165, 1.54) is 0 Å². The highest BCUT2D eigenvalue weighted by Gasteiger charge is 2.03. The number of nitrogens with zero attached hydrogens (tertiary/aromatic N) is 3. The fraction of sp³-hybridized carbons (Fsp3) is 0.200. The van der Waals surface area contributed by atoms with Crippen LogP contribution in [-0.2, 0) is 0 Å². The molecule has 0 radical (unpaired) electrons. The molecule has 0 atom stereocenters. The summed E-state index contributed by atoms with van der Waals surface area (Å²) in [4.78, 5) is 4.10. The molecule has 0 aliphatic heterocycles. The minimum atomic E-state index is 0.495. The van der Waals surface area contributed by atoms with E-state index in [1.807, 2.05) is 30.7 Å². The Morgan fingerprint density at radius 2 is 2.07 bits per heavy atom. The van der Waals surface area contributed by atoms with Crippen LogP contribution in [0.25, 0.3) is 5.69 Å². The second kappa shape index (κ2) is 3.42. The van der Waals surface area contributed by atoms with Crippen molar-refractivity contribution in [3.63, 3.8) is 0 Å². The van der Waals surface area contributed by atoms with Crippen LogP contribution in [0.15, 0.2) is 24.4 Å². The summed E-state index contributed by atoms with van der Waals surface area (Å²) in [6.07, 6.45) is 1.76. The Morgan fingerprint density at radius 1 is 1.29 bits per heavy atom. The van der Waals surface area contributed by atoms with Crippen LogP contribution in [0.1, 0.15) is 11.4 Å². The third-order valence-corrected chi connectivity index (χ3v) is 2.18. The molecule has 0 fully saturated rings. The molecule has 0 unspecified atom stereocenters. The summed E-state index contributed by atoms with van der Waals surface area (Å²) in [5.41, 5.74) is 2.92. The molecule has 3 nitrogen and oxygen atoms in total. The van der Waals surface area contributed by atoms with Gasteiger partial charge in [0, 0.05) is 23.7 Å². The van der Waals surface area contributed by atoms with Gasteiger partial charge < -0.3 is 0 Å². The Balaban J connectivity index is 2.57. The fourth-order valence-electron chi connectivity index (χ4n) is 1.37. The van der Waals surface area contributed by atoms with E-state index >= 15 is 0 Å². The molecule has 2 aromatic rings. The standard InChI is InChI=1S/C10H10ClN3/c1-7-5-9(6-10(11)13-7)14-8(2)3-4-12-14/h3-6H,1-2H3. The maximum absolute atomic E-state index is 5.87. The van der Waals surface area contributed by atoms with Gasteiger partial charge in [-0.15, -0.1) is 0 Å². The monoisotopic (exact) mass is 207 g/mol. The zero-order chi connectivity index (χ0) is 10.1. The van der Waals surface area contributed by atoms with E-state index in [-0.39, 0.29) is 0 Å². The molecular formula is C10H10ClN3. The van der Waals surface area contributed by atoms with Crippen molar-refractivity contribution >= 4 is 11.6 Å². The van der Waals surface area contributed by atoms with E-state index in [2.05, 4.69) is 10.1 Å². The Hall–Kier alpha value is -1.35. The highest BCUT2D eigenvalue weighted by atomic mass is 35.5. The highest BCUT2D eigenvalue weighted by molar-refractivity contribution is 6.29. The molecule has 0 aromatic carbocycles. The van der Waals surface area contributed by atoms with Crippen molar-refractivity contribution in [1.82, 2.24) is 14.8 Å². The van der Waals surface area contributed by atoms with Gasteiger partial charge in [0.25, 0.3) is 0 Å². The number of halogens is 1. The predicted molar refractivity (Wildman–Crippen MR) is 55.8 cm³/mol. The van der Waals surface area contributed by atoms with Crippen molar-refractivity contribution < 1.29 is 0 Å². The first kappa shape index (κ1) is 9.21. The summed E-state index contributed by atoms with van der Waals surface area (Å²) in [7, 11) is 0. The number of hydrogen-bond acceptors (Lipinski definition) is 2. The van der Waals surface area contributed by atoms with E-state index < -0.39 is 0 Å². The molecule has 14 heavy (non-hydrogen) atoms. The van der Waals surface area contributed by atoms with E-state index in [9.17, 15) is 0 Å². The SMILES string of the molecule is Cc1cc(-n2nccc2C)cc(Cl)n1. The summed E-state index contributed by atoms with van der Waals surface area (Å²) < 4.78 is 1.83. The number of aromatic nitrogens is 3. The second-order valence-electron chi connectivity index (χ2n) is 3.17. The minimum absolute atomic E-state index is 0.495. The zero-order valence-electron chi connectivity index (χ0n) is 8.03. The Morgan fingerprint density at radius 3 is 2.64 bits per heavy atom. The first-order valence-corrected chi connectivity index (χ1v) is 4.70. The van der Waals surface area contributed by atoms with Gasteiger partial charge in [0.2, 0.25) is 0 Å². The van der Waals surface area contributed by atoms with Crippen LogP contribution in [0.5, 0.6) is 0 Å². The highest BCUT2D eigenvalue weighted by Crippen LogP contribution is 2.15. The normalized spacial score (nSPS) is 10.5. The van der Waals surface area contributed by atoms with E-state index in [0.717, 1.165) is 17.1 Å². The maximum Gasteiger partial charge on any atom is 0.131 e. The summed E-state index contributed by atoms with van der Waals surface area (Å²) in [6.45, 7) is 3.91. The van der Waals surface area contributed by atoms with Crippen LogP contribution in [0.4, 0.5) is 0 Å². The number of aryl methyl sites for hydroxylation is 2. The molecule has 0 aliphatic carbocycles. The molecule has 0 saturated heterocycles. The van der Waals surface area contributed by atoms with Gasteiger partial charge in [-0.2, -0.15) is 5.10 Å². The van der Waals surface area contributed by atoms with Gasteiger partial charge in [-0.1, -0.05) is 11.6 Å². The van der Waals surface area contributed by atoms with Crippen LogP contribution < -0.4 is 0 Å². The van der Waals surface area contributed by atoms with Crippen molar-refractivity contribution in [2.45, 2.75) is 13.8 Å². The van der Waals surface area contributed by atoms with Gasteiger partial charge in [0.15, 0.2) is 0 Å². The Labute approximate surface area is 87.3 Å². The summed E-state index contributed by atoms with van der Waals surface area (Å²) in [6, 6.07) is 5.70. The van der Waals surface area contributed by atoms with Crippen molar-refractivity contribution in [2.75, 3.05) is 0 Å². The van der Waals surface area contributed by atoms with Crippen LogP contribution in [0.3, 0.4) is 0 Å². The zero-order valence-corrected chi connectivity index (χ0v) is 8.78. The van der Waals surface area contributed by atoms with Crippen molar-refractivity contribution in [3.8, 4) is 5.69 Å². The summed E-state index contributed by atoms with van der Waals surface area (Å²) in [5, 5.41) is 4.69. The van der Waals surface area contributed by atoms with Gasteiger partial charge in [0.05, 0.1) is 5.69 Å². The molecule has 0 bridgehead atoms. The third kappa shape index (κ3) is 1.63. The molecule has 72 valence electrons. The molecule has 0 N–H and O–H groups in total. The lowest BCUT2D eigenvalue weighted by molar-refractivity contribution is 0.842. The molecule has 2 rings (SSSR count). The quantitative estimate of drug-likeness (QED) is 0.673. The average molecular weight is 208 g/mol. The smallest absolute Gasteiger partial charge is 0.131 e. The molecule has 0 saturated carbocycles. The average Bonchev–Trinajstić information content (AvgIpc) is 2.49. The topological polar surface area (TPSA) is 30.7 Å².